The lowest BCUT2D eigenvalue weighted by molar-refractivity contribution is 0.0457. The van der Waals surface area contributed by atoms with Crippen LogP contribution in [0.4, 0.5) is 4.39 Å². The topological polar surface area (TPSA) is 117 Å². The molecular formula is C24H27FN6O4. The van der Waals surface area contributed by atoms with Crippen molar-refractivity contribution in [1.82, 2.24) is 28.9 Å². The maximum Gasteiger partial charge on any atom is 0.342 e. The van der Waals surface area contributed by atoms with Crippen molar-refractivity contribution in [2.75, 3.05) is 0 Å². The van der Waals surface area contributed by atoms with Crippen LogP contribution in [0.2, 0.25) is 0 Å². The fourth-order valence-electron chi connectivity index (χ4n) is 3.98. The molecule has 0 aliphatic heterocycles. The number of rotatable bonds is 9. The van der Waals surface area contributed by atoms with Crippen molar-refractivity contribution in [3.05, 3.63) is 74.2 Å². The van der Waals surface area contributed by atoms with Gasteiger partial charge in [0.15, 0.2) is 11.2 Å². The van der Waals surface area contributed by atoms with Gasteiger partial charge in [0.25, 0.3) is 5.56 Å². The summed E-state index contributed by atoms with van der Waals surface area (Å²) in [7, 11) is 0. The van der Waals surface area contributed by atoms with E-state index in [1.165, 1.54) is 27.6 Å². The number of halogens is 1. The molecular weight excluding hydrogens is 455 g/mol. The second-order valence-electron chi connectivity index (χ2n) is 8.22. The second-order valence-corrected chi connectivity index (χ2v) is 8.22. The van der Waals surface area contributed by atoms with Crippen LogP contribution in [0, 0.1) is 12.7 Å². The number of nitrogens with zero attached hydrogens (tertiary/aromatic N) is 5. The monoisotopic (exact) mass is 482 g/mol. The van der Waals surface area contributed by atoms with Gasteiger partial charge in [-0.15, -0.1) is 0 Å². The van der Waals surface area contributed by atoms with E-state index in [9.17, 15) is 18.8 Å². The first kappa shape index (κ1) is 24.1. The molecule has 3 aromatic heterocycles. The van der Waals surface area contributed by atoms with E-state index in [1.54, 1.807) is 23.6 Å². The number of fused-ring (bicyclic) bond motifs is 1. The number of nitrogens with one attached hydrogen (secondary N) is 1. The van der Waals surface area contributed by atoms with Gasteiger partial charge < -0.3 is 9.30 Å². The fraction of sp³-hybridized carbons (Fsp3) is 0.375. The maximum atomic E-state index is 13.2. The molecule has 0 saturated carbocycles. The number of hydrogen-bond acceptors (Lipinski definition) is 6. The number of esters is 1. The number of hydrogen-bond donors (Lipinski definition) is 1. The Morgan fingerprint density at radius 1 is 1.09 bits per heavy atom. The predicted molar refractivity (Wildman–Crippen MR) is 127 cm³/mol. The molecule has 0 bridgehead atoms. The van der Waals surface area contributed by atoms with Gasteiger partial charge in [-0.05, 0) is 44.0 Å². The highest BCUT2D eigenvalue weighted by Crippen LogP contribution is 2.18. The van der Waals surface area contributed by atoms with E-state index in [1.807, 2.05) is 13.8 Å². The van der Waals surface area contributed by atoms with E-state index in [4.69, 9.17) is 4.74 Å². The van der Waals surface area contributed by atoms with E-state index in [-0.39, 0.29) is 29.2 Å². The first-order valence-electron chi connectivity index (χ1n) is 11.6. The summed E-state index contributed by atoms with van der Waals surface area (Å²) in [5.41, 5.74) is 0.939. The van der Waals surface area contributed by atoms with Crippen LogP contribution in [0.3, 0.4) is 0 Å². The summed E-state index contributed by atoms with van der Waals surface area (Å²) in [6, 6.07) is 5.75. The molecule has 4 rings (SSSR count). The van der Waals surface area contributed by atoms with E-state index in [0.717, 1.165) is 12.8 Å². The standard InChI is InChI=1S/C24H27FN6O4/c1-4-6-12-30-21-20(22(32)28-24(30)34)29(11-5-2)19(27-21)14-35-23(33)18-13-26-31(15(18)3)17-9-7-16(25)8-10-17/h7-10,13H,4-6,11-12,14H2,1-3H3,(H,28,32,34). The predicted octanol–water partition coefficient (Wildman–Crippen LogP) is 3.09. The molecule has 0 unspecified atom stereocenters. The van der Waals surface area contributed by atoms with E-state index in [0.29, 0.717) is 36.7 Å². The van der Waals surface area contributed by atoms with Gasteiger partial charge in [0, 0.05) is 13.1 Å². The van der Waals surface area contributed by atoms with Crippen LogP contribution in [-0.4, -0.2) is 34.9 Å². The number of aromatic amines is 1. The number of imidazole rings is 1. The van der Waals surface area contributed by atoms with Crippen LogP contribution in [0.15, 0.2) is 40.1 Å². The zero-order valence-corrected chi connectivity index (χ0v) is 19.9. The number of H-pyrrole nitrogens is 1. The Morgan fingerprint density at radius 2 is 1.83 bits per heavy atom. The quantitative estimate of drug-likeness (QED) is 0.367. The minimum Gasteiger partial charge on any atom is -0.454 e. The lowest BCUT2D eigenvalue weighted by Gasteiger charge is -2.09. The summed E-state index contributed by atoms with van der Waals surface area (Å²) < 4.78 is 23.4. The van der Waals surface area contributed by atoms with Crippen LogP contribution < -0.4 is 11.2 Å². The van der Waals surface area contributed by atoms with Crippen LogP contribution in [0.25, 0.3) is 16.9 Å². The van der Waals surface area contributed by atoms with Gasteiger partial charge in [-0.1, -0.05) is 20.3 Å². The molecule has 0 fully saturated rings. The number of unbranched alkanes of at least 4 members (excludes halogenated alkanes) is 1. The van der Waals surface area contributed by atoms with Gasteiger partial charge in [0.2, 0.25) is 0 Å². The molecule has 0 aliphatic rings. The average Bonchev–Trinajstić information content (AvgIpc) is 3.39. The third kappa shape index (κ3) is 4.66. The summed E-state index contributed by atoms with van der Waals surface area (Å²) in [6.07, 6.45) is 3.73. The Hall–Kier alpha value is -4.02. The van der Waals surface area contributed by atoms with Crippen molar-refractivity contribution in [3.63, 3.8) is 0 Å². The molecule has 1 N–H and O–H groups in total. The third-order valence-corrected chi connectivity index (χ3v) is 5.78. The molecule has 0 spiro atoms. The molecule has 0 saturated heterocycles. The molecule has 1 aromatic carbocycles. The molecule has 3 heterocycles. The summed E-state index contributed by atoms with van der Waals surface area (Å²) in [6.45, 7) is 6.39. The Kier molecular flexibility index (Phi) is 6.94. The summed E-state index contributed by atoms with van der Waals surface area (Å²) in [4.78, 5) is 44.8. The van der Waals surface area contributed by atoms with Crippen molar-refractivity contribution < 1.29 is 13.9 Å². The highest BCUT2D eigenvalue weighted by molar-refractivity contribution is 5.90. The Balaban J connectivity index is 1.64. The number of benzene rings is 1. The van der Waals surface area contributed by atoms with Crippen LogP contribution >= 0.6 is 0 Å². The smallest absolute Gasteiger partial charge is 0.342 e. The molecule has 0 radical (unpaired) electrons. The van der Waals surface area contributed by atoms with Gasteiger partial charge in [0.05, 0.1) is 17.6 Å². The van der Waals surface area contributed by atoms with Gasteiger partial charge in [0.1, 0.15) is 23.8 Å². The molecule has 35 heavy (non-hydrogen) atoms. The van der Waals surface area contributed by atoms with Gasteiger partial charge in [-0.3, -0.25) is 14.3 Å². The van der Waals surface area contributed by atoms with Crippen molar-refractivity contribution in [2.24, 2.45) is 0 Å². The highest BCUT2D eigenvalue weighted by Gasteiger charge is 2.21. The van der Waals surface area contributed by atoms with Gasteiger partial charge in [-0.25, -0.2) is 23.6 Å². The number of carbonyl (C=O) groups is 1. The van der Waals surface area contributed by atoms with Crippen LogP contribution in [0.1, 0.15) is 55.0 Å². The molecule has 0 aliphatic carbocycles. The third-order valence-electron chi connectivity index (χ3n) is 5.78. The average molecular weight is 483 g/mol. The zero-order chi connectivity index (χ0) is 25.1. The van der Waals surface area contributed by atoms with E-state index >= 15 is 0 Å². The summed E-state index contributed by atoms with van der Waals surface area (Å²) in [5.74, 6) is -0.601. The minimum atomic E-state index is -0.608. The second kappa shape index (κ2) is 10.1. The SMILES string of the molecule is CCCCn1c(=O)[nH]c(=O)c2c1nc(COC(=O)c1cnn(-c3ccc(F)cc3)c1C)n2CCC. The van der Waals surface area contributed by atoms with Gasteiger partial charge >= 0.3 is 11.7 Å². The van der Waals surface area contributed by atoms with Crippen LogP contribution in [-0.2, 0) is 24.4 Å². The molecule has 11 heteroatoms. The number of ether oxygens (including phenoxy) is 1. The molecule has 4 aromatic rings. The lowest BCUT2D eigenvalue weighted by Crippen LogP contribution is -2.31. The van der Waals surface area contributed by atoms with Crippen molar-refractivity contribution in [3.8, 4) is 5.69 Å². The first-order valence-corrected chi connectivity index (χ1v) is 11.6. The van der Waals surface area contributed by atoms with E-state index < -0.39 is 17.2 Å². The molecule has 0 atom stereocenters. The number of carbonyl (C=O) groups excluding carboxylic acids is 1. The normalized spacial score (nSPS) is 11.3. The van der Waals surface area contributed by atoms with Gasteiger partial charge in [-0.2, -0.15) is 5.10 Å². The zero-order valence-electron chi connectivity index (χ0n) is 19.9. The molecule has 10 nitrogen and oxygen atoms in total. The lowest BCUT2D eigenvalue weighted by atomic mass is 10.2. The van der Waals surface area contributed by atoms with Crippen molar-refractivity contribution in [2.45, 2.75) is 59.7 Å². The first-order chi connectivity index (χ1) is 16.8. The number of aromatic nitrogens is 6. The van der Waals surface area contributed by atoms with Crippen molar-refractivity contribution in [1.29, 1.82) is 0 Å². The Bertz CT molecular complexity index is 1480. The van der Waals surface area contributed by atoms with Crippen molar-refractivity contribution >= 4 is 17.1 Å². The molecule has 184 valence electrons. The maximum absolute atomic E-state index is 13.2. The Morgan fingerprint density at radius 3 is 2.51 bits per heavy atom. The summed E-state index contributed by atoms with van der Waals surface area (Å²) in [5, 5.41) is 4.22. The number of aryl methyl sites for hydroxylation is 2. The van der Waals surface area contributed by atoms with E-state index in [2.05, 4.69) is 15.1 Å². The highest BCUT2D eigenvalue weighted by atomic mass is 19.1. The minimum absolute atomic E-state index is 0.184. The molecule has 0 amide bonds. The van der Waals surface area contributed by atoms with Crippen LogP contribution in [0.5, 0.6) is 0 Å². The Labute approximate surface area is 200 Å². The summed E-state index contributed by atoms with van der Waals surface area (Å²) >= 11 is 0. The largest absolute Gasteiger partial charge is 0.454 e. The fourth-order valence-corrected chi connectivity index (χ4v) is 3.98.